The van der Waals surface area contributed by atoms with Crippen LogP contribution in [0, 0.1) is 0 Å². The first-order chi connectivity index (χ1) is 41.6. The summed E-state index contributed by atoms with van der Waals surface area (Å²) < 4.78 is 22.9. The smallest absolute Gasteiger partial charge is 0.361 e. The van der Waals surface area contributed by atoms with Gasteiger partial charge in [-0.2, -0.15) is 0 Å². The van der Waals surface area contributed by atoms with Crippen molar-refractivity contribution in [2.45, 2.75) is 283 Å². The number of likely N-dealkylation sites (N-methyl/N-ethyl adjacent to an activating group) is 1. The topological polar surface area (TPSA) is 108 Å². The Morgan fingerprint density at radius 1 is 0.353 bits per heavy atom. The van der Waals surface area contributed by atoms with Crippen LogP contribution in [0.5, 0.6) is 0 Å². The Morgan fingerprint density at radius 3 is 0.953 bits per heavy atom. The minimum atomic E-state index is -1.53. The molecule has 0 aromatic heterocycles. The molecule has 0 saturated heterocycles. The highest BCUT2D eigenvalue weighted by molar-refractivity contribution is 5.71. The van der Waals surface area contributed by atoms with E-state index >= 15 is 0 Å². The van der Waals surface area contributed by atoms with Crippen LogP contribution in [0.1, 0.15) is 271 Å². The summed E-state index contributed by atoms with van der Waals surface area (Å²) in [6.45, 7) is 4.62. The van der Waals surface area contributed by atoms with Crippen molar-refractivity contribution in [3.63, 3.8) is 0 Å². The SMILES string of the molecule is CC/C=C\C/C=C\C/C=C\C/C=C\C/C=C\C/C=C\C/C=C\CCCCCC(=O)OC(COC(=O)CCCCCCCCCCCCCCCCCCCCCCCC/C=C\C/C=C\C/C=C\C/C=C\CC)COC(OCC[N+](C)(C)C)C(=O)O. The molecule has 0 aliphatic rings. The molecule has 484 valence electrons. The maximum Gasteiger partial charge on any atom is 0.361 e. The van der Waals surface area contributed by atoms with Gasteiger partial charge in [0.2, 0.25) is 0 Å². The van der Waals surface area contributed by atoms with E-state index in [4.69, 9.17) is 18.9 Å². The zero-order valence-electron chi connectivity index (χ0n) is 55.2. The van der Waals surface area contributed by atoms with Crippen LogP contribution in [0.3, 0.4) is 0 Å². The van der Waals surface area contributed by atoms with Crippen molar-refractivity contribution in [3.8, 4) is 0 Å². The zero-order valence-corrected chi connectivity index (χ0v) is 55.2. The van der Waals surface area contributed by atoms with Gasteiger partial charge in [0.05, 0.1) is 34.4 Å². The van der Waals surface area contributed by atoms with E-state index in [1.54, 1.807) is 0 Å². The third kappa shape index (κ3) is 66.8. The lowest BCUT2D eigenvalue weighted by Gasteiger charge is -2.25. The van der Waals surface area contributed by atoms with Crippen molar-refractivity contribution in [1.29, 1.82) is 0 Å². The first-order valence-electron chi connectivity index (χ1n) is 34.3. The molecule has 2 unspecified atom stereocenters. The van der Waals surface area contributed by atoms with E-state index in [0.29, 0.717) is 17.4 Å². The molecule has 0 aliphatic carbocycles. The lowest BCUT2D eigenvalue weighted by molar-refractivity contribution is -0.870. The van der Waals surface area contributed by atoms with Crippen molar-refractivity contribution in [2.75, 3.05) is 47.5 Å². The van der Waals surface area contributed by atoms with Crippen LogP contribution in [0.4, 0.5) is 0 Å². The van der Waals surface area contributed by atoms with Crippen LogP contribution in [0.2, 0.25) is 0 Å². The van der Waals surface area contributed by atoms with E-state index in [0.717, 1.165) is 109 Å². The van der Waals surface area contributed by atoms with E-state index in [1.165, 1.54) is 128 Å². The summed E-state index contributed by atoms with van der Waals surface area (Å²) in [6.07, 6.45) is 91.4. The number of nitrogens with zero attached hydrogens (tertiary/aromatic N) is 1. The summed E-state index contributed by atoms with van der Waals surface area (Å²) in [5, 5.41) is 9.74. The average Bonchev–Trinajstić information content (AvgIpc) is 3.49. The standard InChI is InChI=1S/C76H127NO8/c1-6-8-10-12-14-16-18-20-22-24-26-28-30-32-33-34-35-36-37-38-39-40-41-43-44-46-48-50-52-54-56-58-60-62-64-66-73(78)83-70-72(71-84-76(75(80)81)82-69-68-77(3,4)5)85-74(79)67-65-63-61-59-57-55-53-51-49-47-45-42-31-29-27-25-23-21-19-17-15-13-11-9-7-2/h8-11,14-17,20-23,26-29,42,45,49,51,55,57,72,76H,6-7,12-13,18-19,24-25,30-41,43-44,46-48,50,52-54,56,58-71H2,1-5H3/p+1/b10-8-,11-9-,16-14-,17-15-,22-20-,23-21-,28-26-,29-27-,45-42-,51-49-,57-55-. The second kappa shape index (κ2) is 65.4. The molecule has 0 aromatic rings. The molecule has 0 heterocycles. The molecule has 2 atom stereocenters. The van der Waals surface area contributed by atoms with Gasteiger partial charge in [-0.3, -0.25) is 9.59 Å². The number of hydrogen-bond donors (Lipinski definition) is 1. The number of aliphatic carboxylic acids is 1. The Kier molecular flexibility index (Phi) is 61.9. The van der Waals surface area contributed by atoms with E-state index in [1.807, 2.05) is 21.1 Å². The highest BCUT2D eigenvalue weighted by Crippen LogP contribution is 2.17. The molecular weight excluding hydrogens is 1050 g/mol. The van der Waals surface area contributed by atoms with Gasteiger partial charge >= 0.3 is 17.9 Å². The normalized spacial score (nSPS) is 13.6. The Morgan fingerprint density at radius 2 is 0.635 bits per heavy atom. The number of carbonyl (C=O) groups excluding carboxylic acids is 2. The van der Waals surface area contributed by atoms with Crippen LogP contribution >= 0.6 is 0 Å². The van der Waals surface area contributed by atoms with Crippen molar-refractivity contribution in [2.24, 2.45) is 0 Å². The van der Waals surface area contributed by atoms with Gasteiger partial charge in [0, 0.05) is 12.8 Å². The Balaban J connectivity index is 4.14. The summed E-state index contributed by atoms with van der Waals surface area (Å²) in [6, 6.07) is 0. The average molecular weight is 1180 g/mol. The number of carbonyl (C=O) groups is 3. The lowest BCUT2D eigenvalue weighted by Crippen LogP contribution is -2.40. The van der Waals surface area contributed by atoms with Gasteiger partial charge in [0.1, 0.15) is 13.2 Å². The first-order valence-corrected chi connectivity index (χ1v) is 34.3. The van der Waals surface area contributed by atoms with Crippen molar-refractivity contribution in [1.82, 2.24) is 0 Å². The second-order valence-corrected chi connectivity index (χ2v) is 23.7. The molecule has 0 aliphatic heterocycles. The summed E-state index contributed by atoms with van der Waals surface area (Å²) in [7, 11) is 5.96. The van der Waals surface area contributed by atoms with Crippen LogP contribution < -0.4 is 0 Å². The highest BCUT2D eigenvalue weighted by atomic mass is 16.7. The number of esters is 2. The fourth-order valence-corrected chi connectivity index (χ4v) is 9.22. The fraction of sp³-hybridized carbons (Fsp3) is 0.671. The zero-order chi connectivity index (χ0) is 61.9. The summed E-state index contributed by atoms with van der Waals surface area (Å²) >= 11 is 0. The molecule has 9 nitrogen and oxygen atoms in total. The van der Waals surface area contributed by atoms with Crippen molar-refractivity contribution >= 4 is 17.9 Å². The molecule has 0 radical (unpaired) electrons. The van der Waals surface area contributed by atoms with Gasteiger partial charge in [-0.25, -0.2) is 4.79 Å². The van der Waals surface area contributed by atoms with Crippen LogP contribution in [0.25, 0.3) is 0 Å². The summed E-state index contributed by atoms with van der Waals surface area (Å²) in [5.74, 6) is -2.05. The quantitative estimate of drug-likeness (QED) is 0.0211. The van der Waals surface area contributed by atoms with Gasteiger partial charge in [-0.1, -0.05) is 282 Å². The van der Waals surface area contributed by atoms with Gasteiger partial charge in [-0.15, -0.1) is 0 Å². The lowest BCUT2D eigenvalue weighted by atomic mass is 10.0. The number of rotatable bonds is 62. The van der Waals surface area contributed by atoms with Gasteiger partial charge in [0.15, 0.2) is 6.10 Å². The largest absolute Gasteiger partial charge is 0.477 e. The van der Waals surface area contributed by atoms with Crippen molar-refractivity contribution < 1.29 is 42.9 Å². The predicted molar refractivity (Wildman–Crippen MR) is 364 cm³/mol. The highest BCUT2D eigenvalue weighted by Gasteiger charge is 2.25. The molecule has 0 rings (SSSR count). The van der Waals surface area contributed by atoms with Crippen LogP contribution in [-0.4, -0.2) is 87.4 Å². The molecule has 0 amide bonds. The molecule has 9 heteroatoms. The molecule has 85 heavy (non-hydrogen) atoms. The van der Waals surface area contributed by atoms with Gasteiger partial charge in [-0.05, 0) is 109 Å². The fourth-order valence-electron chi connectivity index (χ4n) is 9.22. The van der Waals surface area contributed by atoms with Crippen LogP contribution in [0.15, 0.2) is 134 Å². The van der Waals surface area contributed by atoms with Gasteiger partial charge < -0.3 is 28.5 Å². The van der Waals surface area contributed by atoms with Crippen LogP contribution in [-0.2, 0) is 33.3 Å². The summed E-state index contributed by atoms with van der Waals surface area (Å²) in [4.78, 5) is 37.6. The number of carboxylic acids is 1. The van der Waals surface area contributed by atoms with E-state index < -0.39 is 24.3 Å². The molecule has 0 saturated carbocycles. The number of unbranched alkanes of at least 4 members (excludes halogenated alkanes) is 25. The number of ether oxygens (including phenoxy) is 4. The number of quaternary nitrogens is 1. The molecule has 0 bridgehead atoms. The third-order valence-electron chi connectivity index (χ3n) is 14.4. The Hall–Kier alpha value is -4.57. The minimum Gasteiger partial charge on any atom is -0.477 e. The van der Waals surface area contributed by atoms with E-state index in [2.05, 4.69) is 148 Å². The third-order valence-corrected chi connectivity index (χ3v) is 14.4. The Labute approximate surface area is 522 Å². The molecule has 1 N–H and O–H groups in total. The van der Waals surface area contributed by atoms with Gasteiger partial charge in [0.25, 0.3) is 6.29 Å². The second-order valence-electron chi connectivity index (χ2n) is 23.7. The Bertz CT molecular complexity index is 1860. The molecule has 0 fully saturated rings. The first kappa shape index (κ1) is 80.4. The number of allylic oxidation sites excluding steroid dienone is 22. The van der Waals surface area contributed by atoms with E-state index in [-0.39, 0.29) is 38.6 Å². The number of hydrogen-bond acceptors (Lipinski definition) is 7. The monoisotopic (exact) mass is 1180 g/mol. The van der Waals surface area contributed by atoms with Crippen molar-refractivity contribution in [3.05, 3.63) is 134 Å². The molecular formula is C76H128NO8+. The maximum absolute atomic E-state index is 12.9. The maximum atomic E-state index is 12.9. The molecule has 0 spiro atoms. The summed E-state index contributed by atoms with van der Waals surface area (Å²) in [5.41, 5.74) is 0. The molecule has 0 aromatic carbocycles. The number of carboxylic acid groups (broad SMARTS) is 1. The van der Waals surface area contributed by atoms with E-state index in [9.17, 15) is 19.5 Å². The minimum absolute atomic E-state index is 0.175. The predicted octanol–water partition coefficient (Wildman–Crippen LogP) is 21.4.